The van der Waals surface area contributed by atoms with E-state index in [1.807, 2.05) is 18.2 Å². The molecule has 0 aliphatic carbocycles. The molecular weight excluding hydrogens is 398 g/mol. The lowest BCUT2D eigenvalue weighted by atomic mass is 10.1. The van der Waals surface area contributed by atoms with E-state index in [-0.39, 0.29) is 5.91 Å². The van der Waals surface area contributed by atoms with Gasteiger partial charge in [-0.25, -0.2) is 0 Å². The number of nitrogens with one attached hydrogen (secondary N) is 1. The van der Waals surface area contributed by atoms with E-state index in [9.17, 15) is 4.79 Å². The summed E-state index contributed by atoms with van der Waals surface area (Å²) in [5.74, 6) is 3.18. The molecule has 4 rings (SSSR count). The predicted octanol–water partition coefficient (Wildman–Crippen LogP) is 4.66. The zero-order valence-corrected chi connectivity index (χ0v) is 17.5. The van der Waals surface area contributed by atoms with Gasteiger partial charge in [0.1, 0.15) is 17.6 Å². The van der Waals surface area contributed by atoms with Crippen LogP contribution in [0.4, 0.5) is 5.69 Å². The van der Waals surface area contributed by atoms with E-state index in [2.05, 4.69) is 5.32 Å². The summed E-state index contributed by atoms with van der Waals surface area (Å²) in [6.45, 7) is 1.80. The van der Waals surface area contributed by atoms with Crippen LogP contribution in [0.5, 0.6) is 34.5 Å². The average molecular weight is 421 g/mol. The predicted molar refractivity (Wildman–Crippen MR) is 116 cm³/mol. The first kappa shape index (κ1) is 20.4. The molecule has 1 heterocycles. The number of carbonyl (C=O) groups excluding carboxylic acids is 1. The summed E-state index contributed by atoms with van der Waals surface area (Å²) in [6.07, 6.45) is -1.23. The van der Waals surface area contributed by atoms with Crippen LogP contribution in [-0.4, -0.2) is 32.3 Å². The molecule has 2 atom stereocenters. The molecule has 7 nitrogen and oxygen atoms in total. The monoisotopic (exact) mass is 421 g/mol. The highest BCUT2D eigenvalue weighted by Crippen LogP contribution is 2.36. The zero-order valence-electron chi connectivity index (χ0n) is 17.5. The quantitative estimate of drug-likeness (QED) is 0.624. The number of hydrogen-bond donors (Lipinski definition) is 1. The SMILES string of the molecule is COc1ccc(Oc2cc(NC(=O)C3Oc4ccccc4OC3C)ccc2OC)cc1. The van der Waals surface area contributed by atoms with Crippen LogP contribution in [0.15, 0.2) is 66.7 Å². The number of carbonyl (C=O) groups is 1. The van der Waals surface area contributed by atoms with Gasteiger partial charge in [0.15, 0.2) is 23.0 Å². The van der Waals surface area contributed by atoms with Crippen LogP contribution in [0.1, 0.15) is 6.92 Å². The van der Waals surface area contributed by atoms with Gasteiger partial charge >= 0.3 is 0 Å². The Morgan fingerprint density at radius 2 is 1.52 bits per heavy atom. The standard InChI is InChI=1S/C24H23NO6/c1-15-23(31-21-7-5-4-6-20(21)29-15)24(26)25-16-8-13-19(28-3)22(14-16)30-18-11-9-17(27-2)10-12-18/h4-15,23H,1-3H3,(H,25,26). The van der Waals surface area contributed by atoms with Crippen molar-refractivity contribution in [3.05, 3.63) is 66.7 Å². The van der Waals surface area contributed by atoms with E-state index in [1.54, 1.807) is 69.7 Å². The van der Waals surface area contributed by atoms with Gasteiger partial charge in [0.2, 0.25) is 6.10 Å². The Balaban J connectivity index is 1.50. The second kappa shape index (κ2) is 8.87. The molecule has 0 spiro atoms. The lowest BCUT2D eigenvalue weighted by Crippen LogP contribution is -2.46. The van der Waals surface area contributed by atoms with Crippen molar-refractivity contribution >= 4 is 11.6 Å². The summed E-state index contributed by atoms with van der Waals surface area (Å²) in [5.41, 5.74) is 0.545. The van der Waals surface area contributed by atoms with E-state index >= 15 is 0 Å². The number of benzene rings is 3. The lowest BCUT2D eigenvalue weighted by molar-refractivity contribution is -0.128. The zero-order chi connectivity index (χ0) is 21.8. The normalized spacial score (nSPS) is 16.9. The van der Waals surface area contributed by atoms with Gasteiger partial charge < -0.3 is 29.0 Å². The van der Waals surface area contributed by atoms with Crippen molar-refractivity contribution in [1.29, 1.82) is 0 Å². The molecule has 2 unspecified atom stereocenters. The van der Waals surface area contributed by atoms with Crippen LogP contribution in [0.3, 0.4) is 0 Å². The molecule has 1 N–H and O–H groups in total. The van der Waals surface area contributed by atoms with Crippen molar-refractivity contribution in [1.82, 2.24) is 0 Å². The fraction of sp³-hybridized carbons (Fsp3) is 0.208. The Kier molecular flexibility index (Phi) is 5.84. The van der Waals surface area contributed by atoms with Crippen LogP contribution >= 0.6 is 0 Å². The molecule has 0 aromatic heterocycles. The summed E-state index contributed by atoms with van der Waals surface area (Å²) in [4.78, 5) is 12.9. The Bertz CT molecular complexity index is 1070. The Hall–Kier alpha value is -3.87. The summed E-state index contributed by atoms with van der Waals surface area (Å²) < 4.78 is 28.2. The van der Waals surface area contributed by atoms with Gasteiger partial charge in [0.05, 0.1) is 14.2 Å². The number of para-hydroxylation sites is 2. The highest BCUT2D eigenvalue weighted by atomic mass is 16.6. The maximum absolute atomic E-state index is 12.9. The number of rotatable bonds is 6. The second-order valence-electron chi connectivity index (χ2n) is 6.94. The molecule has 7 heteroatoms. The van der Waals surface area contributed by atoms with E-state index < -0.39 is 12.2 Å². The molecule has 31 heavy (non-hydrogen) atoms. The van der Waals surface area contributed by atoms with Gasteiger partial charge in [-0.3, -0.25) is 4.79 Å². The van der Waals surface area contributed by atoms with Crippen LogP contribution in [0.2, 0.25) is 0 Å². The largest absolute Gasteiger partial charge is 0.497 e. The molecule has 3 aromatic rings. The third kappa shape index (κ3) is 4.50. The number of amides is 1. The molecule has 3 aromatic carbocycles. The van der Waals surface area contributed by atoms with Crippen LogP contribution in [-0.2, 0) is 4.79 Å². The van der Waals surface area contributed by atoms with E-state index in [0.29, 0.717) is 34.4 Å². The topological polar surface area (TPSA) is 75.3 Å². The van der Waals surface area contributed by atoms with Gasteiger partial charge in [0.25, 0.3) is 5.91 Å². The molecule has 0 radical (unpaired) electrons. The van der Waals surface area contributed by atoms with Crippen molar-refractivity contribution in [2.24, 2.45) is 0 Å². The Labute approximate surface area is 180 Å². The maximum atomic E-state index is 12.9. The highest BCUT2D eigenvalue weighted by molar-refractivity contribution is 5.95. The minimum atomic E-state index is -0.789. The van der Waals surface area contributed by atoms with E-state index in [4.69, 9.17) is 23.7 Å². The Morgan fingerprint density at radius 3 is 2.19 bits per heavy atom. The molecule has 0 bridgehead atoms. The molecule has 1 aliphatic heterocycles. The van der Waals surface area contributed by atoms with Crippen LogP contribution in [0, 0.1) is 0 Å². The van der Waals surface area contributed by atoms with Crippen molar-refractivity contribution in [2.75, 3.05) is 19.5 Å². The van der Waals surface area contributed by atoms with Gasteiger partial charge in [-0.1, -0.05) is 12.1 Å². The molecule has 0 fully saturated rings. The maximum Gasteiger partial charge on any atom is 0.269 e. The third-order valence-corrected chi connectivity index (χ3v) is 4.82. The number of methoxy groups -OCH3 is 2. The molecule has 1 amide bonds. The van der Waals surface area contributed by atoms with E-state index in [0.717, 1.165) is 5.75 Å². The molecule has 0 saturated carbocycles. The minimum absolute atomic E-state index is 0.317. The third-order valence-electron chi connectivity index (χ3n) is 4.82. The summed E-state index contributed by atoms with van der Waals surface area (Å²) in [6, 6.07) is 19.6. The van der Waals surface area contributed by atoms with Crippen molar-refractivity contribution < 1.29 is 28.5 Å². The number of fused-ring (bicyclic) bond motifs is 1. The second-order valence-corrected chi connectivity index (χ2v) is 6.94. The first-order valence-corrected chi connectivity index (χ1v) is 9.80. The molecule has 160 valence electrons. The van der Waals surface area contributed by atoms with Gasteiger partial charge in [0, 0.05) is 11.8 Å². The minimum Gasteiger partial charge on any atom is -0.497 e. The lowest BCUT2D eigenvalue weighted by Gasteiger charge is -2.31. The molecule has 1 aliphatic rings. The van der Waals surface area contributed by atoms with Gasteiger partial charge in [-0.15, -0.1) is 0 Å². The average Bonchev–Trinajstić information content (AvgIpc) is 2.79. The fourth-order valence-corrected chi connectivity index (χ4v) is 3.22. The summed E-state index contributed by atoms with van der Waals surface area (Å²) in [7, 11) is 3.16. The van der Waals surface area contributed by atoms with Crippen LogP contribution < -0.4 is 29.0 Å². The molecular formula is C24H23NO6. The number of anilines is 1. The fourth-order valence-electron chi connectivity index (χ4n) is 3.22. The Morgan fingerprint density at radius 1 is 0.839 bits per heavy atom. The van der Waals surface area contributed by atoms with Crippen molar-refractivity contribution in [3.63, 3.8) is 0 Å². The van der Waals surface area contributed by atoms with E-state index in [1.165, 1.54) is 0 Å². The smallest absolute Gasteiger partial charge is 0.269 e. The highest BCUT2D eigenvalue weighted by Gasteiger charge is 2.34. The van der Waals surface area contributed by atoms with Crippen LogP contribution in [0.25, 0.3) is 0 Å². The molecule has 0 saturated heterocycles. The first-order chi connectivity index (χ1) is 15.1. The van der Waals surface area contributed by atoms with Crippen molar-refractivity contribution in [2.45, 2.75) is 19.1 Å². The van der Waals surface area contributed by atoms with Crippen molar-refractivity contribution in [3.8, 4) is 34.5 Å². The first-order valence-electron chi connectivity index (χ1n) is 9.80. The van der Waals surface area contributed by atoms with Gasteiger partial charge in [-0.05, 0) is 55.5 Å². The summed E-state index contributed by atoms with van der Waals surface area (Å²) >= 11 is 0. The van der Waals surface area contributed by atoms with Gasteiger partial charge in [-0.2, -0.15) is 0 Å². The summed E-state index contributed by atoms with van der Waals surface area (Å²) in [5, 5.41) is 2.87. The number of ether oxygens (including phenoxy) is 5. The number of hydrogen-bond acceptors (Lipinski definition) is 6.